The molecular weight excluding hydrogens is 424 g/mol. The molecule has 0 unspecified atom stereocenters. The van der Waals surface area contributed by atoms with Crippen LogP contribution in [0.5, 0.6) is 11.5 Å². The summed E-state index contributed by atoms with van der Waals surface area (Å²) >= 11 is 0. The maximum absolute atomic E-state index is 11.1. The second-order valence-corrected chi connectivity index (χ2v) is 9.19. The third kappa shape index (κ3) is 6.95. The summed E-state index contributed by atoms with van der Waals surface area (Å²) in [7, 11) is -3.53. The molecule has 8 nitrogen and oxygen atoms in total. The number of carbonyl (C=O) groups is 1. The summed E-state index contributed by atoms with van der Waals surface area (Å²) in [5.41, 5.74) is 2.09. The summed E-state index contributed by atoms with van der Waals surface area (Å²) in [6.45, 7) is 2.54. The average Bonchev–Trinajstić information content (AvgIpc) is 2.71. The number of ether oxygens (including phenoxy) is 3. The highest BCUT2D eigenvalue weighted by Gasteiger charge is 2.40. The van der Waals surface area contributed by atoms with Crippen molar-refractivity contribution in [3.8, 4) is 11.5 Å². The van der Waals surface area contributed by atoms with Crippen molar-refractivity contribution in [3.05, 3.63) is 59.7 Å². The van der Waals surface area contributed by atoms with Gasteiger partial charge in [0.15, 0.2) is 0 Å². The lowest BCUT2D eigenvalue weighted by Gasteiger charge is -2.34. The van der Waals surface area contributed by atoms with Crippen LogP contribution >= 0.6 is 0 Å². The van der Waals surface area contributed by atoms with Crippen LogP contribution in [0.15, 0.2) is 48.5 Å². The van der Waals surface area contributed by atoms with Crippen molar-refractivity contribution in [1.29, 1.82) is 0 Å². The highest BCUT2D eigenvalue weighted by atomic mass is 32.2. The zero-order valence-corrected chi connectivity index (χ0v) is 18.3. The maximum atomic E-state index is 11.1. The second-order valence-electron chi connectivity index (χ2n) is 7.62. The summed E-state index contributed by atoms with van der Waals surface area (Å²) in [6, 6.07) is 14.6. The quantitative estimate of drug-likeness (QED) is 0.581. The van der Waals surface area contributed by atoms with Gasteiger partial charge in [-0.25, -0.2) is 4.79 Å². The van der Waals surface area contributed by atoms with Gasteiger partial charge in [0.05, 0.1) is 26.1 Å². The van der Waals surface area contributed by atoms with E-state index in [0.717, 1.165) is 29.6 Å². The van der Waals surface area contributed by atoms with Crippen molar-refractivity contribution < 1.29 is 36.7 Å². The lowest BCUT2D eigenvalue weighted by molar-refractivity contribution is -0.270. The van der Waals surface area contributed by atoms with E-state index in [0.29, 0.717) is 26.2 Å². The van der Waals surface area contributed by atoms with Gasteiger partial charge in [0.25, 0.3) is 5.79 Å². The molecule has 1 aliphatic rings. The molecule has 31 heavy (non-hydrogen) atoms. The molecule has 9 heteroatoms. The third-order valence-corrected chi connectivity index (χ3v) is 5.35. The minimum Gasteiger partial charge on any atom is -0.493 e. The Balaban J connectivity index is 1.42. The van der Waals surface area contributed by atoms with E-state index in [-0.39, 0.29) is 11.7 Å². The third-order valence-electron chi connectivity index (χ3n) is 4.86. The fourth-order valence-electron chi connectivity index (χ4n) is 3.11. The Hall–Kier alpha value is -2.62. The van der Waals surface area contributed by atoms with Crippen LogP contribution in [0.2, 0.25) is 0 Å². The maximum Gasteiger partial charge on any atom is 0.364 e. The number of aliphatic carboxylic acids is 1. The Morgan fingerprint density at radius 1 is 1.03 bits per heavy atom. The molecule has 0 aromatic heterocycles. The zero-order chi connectivity index (χ0) is 22.5. The van der Waals surface area contributed by atoms with Gasteiger partial charge >= 0.3 is 16.1 Å². The number of carboxylic acids is 1. The highest BCUT2D eigenvalue weighted by molar-refractivity contribution is 7.86. The average molecular weight is 451 g/mol. The smallest absolute Gasteiger partial charge is 0.364 e. The van der Waals surface area contributed by atoms with E-state index in [2.05, 4.69) is 0 Å². The van der Waals surface area contributed by atoms with Gasteiger partial charge in [0.1, 0.15) is 11.5 Å². The van der Waals surface area contributed by atoms with Gasteiger partial charge in [-0.1, -0.05) is 24.3 Å². The van der Waals surface area contributed by atoms with Gasteiger partial charge in [-0.3, -0.25) is 0 Å². The molecule has 2 aromatic rings. The Labute approximate surface area is 181 Å². The van der Waals surface area contributed by atoms with Crippen LogP contribution in [-0.4, -0.2) is 51.4 Å². The molecule has 2 aromatic carbocycles. The van der Waals surface area contributed by atoms with Gasteiger partial charge < -0.3 is 23.5 Å². The van der Waals surface area contributed by atoms with E-state index >= 15 is 0 Å². The van der Waals surface area contributed by atoms with Crippen molar-refractivity contribution in [3.63, 3.8) is 0 Å². The molecule has 1 fully saturated rings. The van der Waals surface area contributed by atoms with Gasteiger partial charge in [-0.05, 0) is 41.8 Å². The topological polar surface area (TPSA) is 108 Å². The van der Waals surface area contributed by atoms with Crippen molar-refractivity contribution in [2.75, 3.05) is 26.1 Å². The first kappa shape index (κ1) is 23.1. The molecule has 1 aliphatic heterocycles. The molecule has 0 spiro atoms. The summed E-state index contributed by atoms with van der Waals surface area (Å²) in [6.07, 6.45) is 2.39. The summed E-state index contributed by atoms with van der Waals surface area (Å²) < 4.78 is 43.6. The normalized spacial score (nSPS) is 21.4. The van der Waals surface area contributed by atoms with E-state index in [4.69, 9.17) is 23.5 Å². The van der Waals surface area contributed by atoms with E-state index in [1.54, 1.807) is 24.3 Å². The molecule has 1 saturated heterocycles. The lowest BCUT2D eigenvalue weighted by atomic mass is 9.99. The number of hydrogen-bond acceptors (Lipinski definition) is 7. The fraction of sp³-hybridized carbons (Fsp3) is 0.409. The van der Waals surface area contributed by atoms with Crippen LogP contribution in [0.3, 0.4) is 0 Å². The van der Waals surface area contributed by atoms with Gasteiger partial charge in [-0.15, -0.1) is 0 Å². The largest absolute Gasteiger partial charge is 0.493 e. The van der Waals surface area contributed by atoms with Crippen LogP contribution in [0.25, 0.3) is 0 Å². The lowest BCUT2D eigenvalue weighted by Crippen LogP contribution is -2.48. The minimum absolute atomic E-state index is 0.0915. The predicted molar refractivity (Wildman–Crippen MR) is 113 cm³/mol. The first-order valence-electron chi connectivity index (χ1n) is 9.84. The molecular formula is C22H26O8S. The van der Waals surface area contributed by atoms with Crippen LogP contribution in [-0.2, 0) is 37.2 Å². The van der Waals surface area contributed by atoms with E-state index in [9.17, 15) is 13.2 Å². The number of hydrogen-bond donors (Lipinski definition) is 1. The molecule has 0 saturated carbocycles. The Bertz CT molecular complexity index is 975. The number of carboxylic acid groups (broad SMARTS) is 1. The monoisotopic (exact) mass is 450 g/mol. The van der Waals surface area contributed by atoms with Crippen LogP contribution in [0.4, 0.5) is 0 Å². The molecule has 0 bridgehead atoms. The first-order valence-corrected chi connectivity index (χ1v) is 11.7. The SMILES string of the molecule is CS(=O)(=O)Oc1ccc(CCOc2ccc(C[C@H]3CO[C@@](C)(C(=O)O)OC3)cc2)cc1. The molecule has 168 valence electrons. The van der Waals surface area contributed by atoms with Gasteiger partial charge in [0.2, 0.25) is 0 Å². The Morgan fingerprint density at radius 3 is 2.13 bits per heavy atom. The summed E-state index contributed by atoms with van der Waals surface area (Å²) in [4.78, 5) is 11.1. The van der Waals surface area contributed by atoms with E-state index in [1.807, 2.05) is 24.3 Å². The van der Waals surface area contributed by atoms with Crippen LogP contribution in [0, 0.1) is 5.92 Å². The molecule has 0 radical (unpaired) electrons. The predicted octanol–water partition coefficient (Wildman–Crippen LogP) is 2.65. The minimum atomic E-state index is -3.53. The van der Waals surface area contributed by atoms with Gasteiger partial charge in [-0.2, -0.15) is 8.42 Å². The summed E-state index contributed by atoms with van der Waals surface area (Å²) in [5.74, 6) is -1.56. The molecule has 0 aliphatic carbocycles. The van der Waals surface area contributed by atoms with Crippen molar-refractivity contribution in [1.82, 2.24) is 0 Å². The van der Waals surface area contributed by atoms with Gasteiger partial charge in [0, 0.05) is 19.3 Å². The standard InChI is InChI=1S/C22H26O8S/c1-22(21(23)24)28-14-18(15-29-22)13-17-5-7-19(8-6-17)27-12-11-16-3-9-20(10-4-16)30-31(2,25)26/h3-10,18H,11-15H2,1-2H3,(H,23,24)/t18-,22+. The number of rotatable bonds is 9. The van der Waals surface area contributed by atoms with Crippen LogP contribution in [0.1, 0.15) is 18.1 Å². The number of benzene rings is 2. The second kappa shape index (κ2) is 9.67. The zero-order valence-electron chi connectivity index (χ0n) is 17.4. The first-order chi connectivity index (χ1) is 14.6. The van der Waals surface area contributed by atoms with Crippen LogP contribution < -0.4 is 8.92 Å². The van der Waals surface area contributed by atoms with Crippen molar-refractivity contribution >= 4 is 16.1 Å². The van der Waals surface area contributed by atoms with E-state index in [1.165, 1.54) is 6.92 Å². The molecule has 1 N–H and O–H groups in total. The molecule has 1 heterocycles. The van der Waals surface area contributed by atoms with Crippen molar-refractivity contribution in [2.45, 2.75) is 25.6 Å². The van der Waals surface area contributed by atoms with Crippen molar-refractivity contribution in [2.24, 2.45) is 5.92 Å². The molecule has 0 atom stereocenters. The fourth-order valence-corrected chi connectivity index (χ4v) is 3.57. The highest BCUT2D eigenvalue weighted by Crippen LogP contribution is 2.24. The Kier molecular flexibility index (Phi) is 7.19. The Morgan fingerprint density at radius 2 is 1.58 bits per heavy atom. The molecule has 3 rings (SSSR count). The molecule has 0 amide bonds. The summed E-state index contributed by atoms with van der Waals surface area (Å²) in [5, 5.41) is 9.11. The van der Waals surface area contributed by atoms with E-state index < -0.39 is 21.9 Å².